The summed E-state index contributed by atoms with van der Waals surface area (Å²) in [5.74, 6) is -0.0483. The maximum atomic E-state index is 12.7. The minimum Gasteiger partial charge on any atom is -0.493 e. The van der Waals surface area contributed by atoms with Crippen molar-refractivity contribution in [2.75, 3.05) is 25.6 Å². The molecular weight excluding hydrogens is 404 g/mol. The largest absolute Gasteiger partial charge is 0.493 e. The number of nitrogens with zero attached hydrogens (tertiary/aromatic N) is 1. The summed E-state index contributed by atoms with van der Waals surface area (Å²) in [6.07, 6.45) is 1.45. The molecule has 30 heavy (non-hydrogen) atoms. The van der Waals surface area contributed by atoms with E-state index in [1.54, 1.807) is 32.0 Å². The predicted octanol–water partition coefficient (Wildman–Crippen LogP) is 4.49. The minimum atomic E-state index is -0.613. The SMILES string of the molecule is CCOC(=O)c1c(NC(=O)/C(C#N)=C/c2ccc(OC)c(OCC)c2)sc(C)c1C. The second-order valence-electron chi connectivity index (χ2n) is 6.18. The van der Waals surface area contributed by atoms with Gasteiger partial charge in [0.05, 0.1) is 25.9 Å². The molecule has 1 aromatic heterocycles. The molecule has 0 saturated heterocycles. The van der Waals surface area contributed by atoms with Gasteiger partial charge in [-0.2, -0.15) is 5.26 Å². The van der Waals surface area contributed by atoms with Crippen molar-refractivity contribution in [1.82, 2.24) is 0 Å². The van der Waals surface area contributed by atoms with E-state index in [-0.39, 0.29) is 12.2 Å². The van der Waals surface area contributed by atoms with Crippen LogP contribution in [0.1, 0.15) is 40.2 Å². The molecule has 0 spiro atoms. The number of hydrogen-bond acceptors (Lipinski definition) is 7. The van der Waals surface area contributed by atoms with Crippen molar-refractivity contribution >= 4 is 34.3 Å². The highest BCUT2D eigenvalue weighted by molar-refractivity contribution is 7.16. The maximum absolute atomic E-state index is 12.7. The van der Waals surface area contributed by atoms with Crippen LogP contribution in [0.15, 0.2) is 23.8 Å². The molecule has 0 aliphatic rings. The molecule has 1 aromatic carbocycles. The second-order valence-corrected chi connectivity index (χ2v) is 7.40. The van der Waals surface area contributed by atoms with Gasteiger partial charge >= 0.3 is 5.97 Å². The maximum Gasteiger partial charge on any atom is 0.341 e. The van der Waals surface area contributed by atoms with E-state index in [1.165, 1.54) is 24.5 Å². The number of benzene rings is 1. The highest BCUT2D eigenvalue weighted by Crippen LogP contribution is 2.33. The Bertz CT molecular complexity index is 1020. The molecule has 0 aliphatic heterocycles. The van der Waals surface area contributed by atoms with E-state index in [2.05, 4.69) is 5.32 Å². The van der Waals surface area contributed by atoms with Gasteiger partial charge in [0.25, 0.3) is 5.91 Å². The molecule has 2 rings (SSSR count). The lowest BCUT2D eigenvalue weighted by molar-refractivity contribution is -0.112. The fourth-order valence-corrected chi connectivity index (χ4v) is 3.74. The molecule has 0 unspecified atom stereocenters. The number of ether oxygens (including phenoxy) is 3. The van der Waals surface area contributed by atoms with Crippen LogP contribution in [-0.4, -0.2) is 32.2 Å². The van der Waals surface area contributed by atoms with Gasteiger partial charge in [-0.25, -0.2) is 4.79 Å². The zero-order valence-corrected chi connectivity index (χ0v) is 18.4. The summed E-state index contributed by atoms with van der Waals surface area (Å²) in [5.41, 5.74) is 1.55. The van der Waals surface area contributed by atoms with Crippen LogP contribution in [0.4, 0.5) is 5.00 Å². The van der Waals surface area contributed by atoms with Crippen LogP contribution in [-0.2, 0) is 9.53 Å². The molecule has 0 radical (unpaired) electrons. The smallest absolute Gasteiger partial charge is 0.341 e. The third-order valence-electron chi connectivity index (χ3n) is 4.26. The quantitative estimate of drug-likeness (QED) is 0.378. The molecule has 2 aromatic rings. The topological polar surface area (TPSA) is 97.7 Å². The van der Waals surface area contributed by atoms with Gasteiger partial charge in [0, 0.05) is 4.88 Å². The van der Waals surface area contributed by atoms with Gasteiger partial charge < -0.3 is 19.5 Å². The number of esters is 1. The van der Waals surface area contributed by atoms with Crippen molar-refractivity contribution in [1.29, 1.82) is 5.26 Å². The first-order valence-electron chi connectivity index (χ1n) is 9.37. The molecule has 0 fully saturated rings. The lowest BCUT2D eigenvalue weighted by atomic mass is 10.1. The van der Waals surface area contributed by atoms with Crippen molar-refractivity contribution in [3.05, 3.63) is 45.3 Å². The lowest BCUT2D eigenvalue weighted by Crippen LogP contribution is -2.16. The van der Waals surface area contributed by atoms with E-state index < -0.39 is 11.9 Å². The van der Waals surface area contributed by atoms with Crippen molar-refractivity contribution < 1.29 is 23.8 Å². The van der Waals surface area contributed by atoms with Gasteiger partial charge in [0.15, 0.2) is 11.5 Å². The van der Waals surface area contributed by atoms with E-state index in [0.717, 1.165) is 10.4 Å². The number of anilines is 1. The van der Waals surface area contributed by atoms with Crippen molar-refractivity contribution in [2.24, 2.45) is 0 Å². The molecule has 7 nitrogen and oxygen atoms in total. The molecule has 8 heteroatoms. The van der Waals surface area contributed by atoms with Gasteiger partial charge in [-0.3, -0.25) is 4.79 Å². The third-order valence-corrected chi connectivity index (χ3v) is 5.38. The normalized spacial score (nSPS) is 10.9. The average molecular weight is 429 g/mol. The number of nitrogens with one attached hydrogen (secondary N) is 1. The molecule has 1 heterocycles. The van der Waals surface area contributed by atoms with Crippen LogP contribution in [0.3, 0.4) is 0 Å². The summed E-state index contributed by atoms with van der Waals surface area (Å²) in [4.78, 5) is 25.9. The number of thiophene rings is 1. The Morgan fingerprint density at radius 1 is 1.20 bits per heavy atom. The van der Waals surface area contributed by atoms with E-state index in [1.807, 2.05) is 19.9 Å². The van der Waals surface area contributed by atoms with Crippen LogP contribution in [0.2, 0.25) is 0 Å². The average Bonchev–Trinajstić information content (AvgIpc) is 2.99. The van der Waals surface area contributed by atoms with Crippen molar-refractivity contribution in [3.63, 3.8) is 0 Å². The number of aryl methyl sites for hydroxylation is 1. The zero-order valence-electron chi connectivity index (χ0n) is 17.6. The number of carbonyl (C=O) groups is 2. The molecule has 158 valence electrons. The first kappa shape index (κ1) is 23.0. The highest BCUT2D eigenvalue weighted by atomic mass is 32.1. The number of hydrogen-bond donors (Lipinski definition) is 1. The Hall–Kier alpha value is -3.31. The van der Waals surface area contributed by atoms with Gasteiger partial charge in [0.2, 0.25) is 0 Å². The van der Waals surface area contributed by atoms with Gasteiger partial charge in [-0.1, -0.05) is 6.07 Å². The predicted molar refractivity (Wildman–Crippen MR) is 116 cm³/mol. The van der Waals surface area contributed by atoms with E-state index in [4.69, 9.17) is 14.2 Å². The standard InChI is InChI=1S/C22H24N2O5S/c1-6-28-18-11-15(8-9-17(18)27-5)10-16(12-23)20(25)24-21-19(22(26)29-7-2)13(3)14(4)30-21/h8-11H,6-7H2,1-5H3,(H,24,25)/b16-10+. The Kier molecular flexibility index (Phi) is 8.01. The molecule has 0 bridgehead atoms. The number of rotatable bonds is 8. The molecular formula is C22H24N2O5S. The van der Waals surface area contributed by atoms with Crippen LogP contribution < -0.4 is 14.8 Å². The van der Waals surface area contributed by atoms with E-state index >= 15 is 0 Å². The molecule has 1 N–H and O–H groups in total. The van der Waals surface area contributed by atoms with Crippen molar-refractivity contribution in [2.45, 2.75) is 27.7 Å². The Morgan fingerprint density at radius 3 is 2.53 bits per heavy atom. The number of nitriles is 1. The summed E-state index contributed by atoms with van der Waals surface area (Å²) < 4.78 is 15.9. The lowest BCUT2D eigenvalue weighted by Gasteiger charge is -2.10. The first-order valence-corrected chi connectivity index (χ1v) is 10.2. The molecule has 0 saturated carbocycles. The second kappa shape index (κ2) is 10.5. The van der Waals surface area contributed by atoms with Crippen molar-refractivity contribution in [3.8, 4) is 17.6 Å². The molecule has 1 amide bonds. The number of carbonyl (C=O) groups excluding carboxylic acids is 2. The summed E-state index contributed by atoms with van der Waals surface area (Å²) in [6.45, 7) is 7.88. The summed E-state index contributed by atoms with van der Waals surface area (Å²) in [5, 5.41) is 12.5. The minimum absolute atomic E-state index is 0.110. The zero-order chi connectivity index (χ0) is 22.3. The summed E-state index contributed by atoms with van der Waals surface area (Å²) >= 11 is 1.27. The fourth-order valence-electron chi connectivity index (χ4n) is 2.70. The Balaban J connectivity index is 2.34. The van der Waals surface area contributed by atoms with E-state index in [0.29, 0.717) is 34.2 Å². The van der Waals surface area contributed by atoms with E-state index in [9.17, 15) is 14.9 Å². The highest BCUT2D eigenvalue weighted by Gasteiger charge is 2.23. The monoisotopic (exact) mass is 428 g/mol. The molecule has 0 aliphatic carbocycles. The summed E-state index contributed by atoms with van der Waals surface area (Å²) in [7, 11) is 1.54. The molecule has 0 atom stereocenters. The van der Waals surface area contributed by atoms with Crippen LogP contribution >= 0.6 is 11.3 Å². The van der Waals surface area contributed by atoms with Gasteiger partial charge in [-0.05, 0) is 57.0 Å². The Labute approximate surface area is 179 Å². The Morgan fingerprint density at radius 2 is 1.93 bits per heavy atom. The van der Waals surface area contributed by atoms with Crippen LogP contribution in [0.25, 0.3) is 6.08 Å². The first-order chi connectivity index (χ1) is 14.4. The fraction of sp³-hybridized carbons (Fsp3) is 0.318. The number of amides is 1. The van der Waals surface area contributed by atoms with Crippen LogP contribution in [0.5, 0.6) is 11.5 Å². The summed E-state index contributed by atoms with van der Waals surface area (Å²) in [6, 6.07) is 7.02. The van der Waals surface area contributed by atoms with Gasteiger partial charge in [-0.15, -0.1) is 11.3 Å². The third kappa shape index (κ3) is 5.19. The number of methoxy groups -OCH3 is 1. The van der Waals surface area contributed by atoms with Gasteiger partial charge in [0.1, 0.15) is 16.6 Å². The van der Waals surface area contributed by atoms with Crippen LogP contribution in [0, 0.1) is 25.2 Å².